The molecule has 0 aromatic heterocycles. The molecule has 15 heavy (non-hydrogen) atoms. The zero-order chi connectivity index (χ0) is 10.7. The van der Waals surface area contributed by atoms with E-state index in [1.165, 1.54) is 22.5 Å². The molecule has 0 aliphatic heterocycles. The molecule has 0 saturated heterocycles. The molecular weight excluding hydrogens is 206 g/mol. The van der Waals surface area contributed by atoms with Gasteiger partial charge in [0.25, 0.3) is 0 Å². The van der Waals surface area contributed by atoms with Crippen molar-refractivity contribution in [1.29, 1.82) is 0 Å². The van der Waals surface area contributed by atoms with Gasteiger partial charge in [-0.2, -0.15) is 0 Å². The number of fused-ring (bicyclic) bond motifs is 1. The molecule has 0 radical (unpaired) electrons. The van der Waals surface area contributed by atoms with Gasteiger partial charge in [0, 0.05) is 4.90 Å². The molecule has 0 spiro atoms. The third-order valence-corrected chi connectivity index (χ3v) is 3.12. The molecule has 2 N–H and O–H groups in total. The highest BCUT2D eigenvalue weighted by Crippen LogP contribution is 2.23. The Kier molecular flexibility index (Phi) is 2.92. The van der Waals surface area contributed by atoms with E-state index in [1.54, 1.807) is 0 Å². The first-order chi connectivity index (χ1) is 7.25. The van der Waals surface area contributed by atoms with Gasteiger partial charge in [-0.3, -0.25) is 4.79 Å². The van der Waals surface area contributed by atoms with Gasteiger partial charge in [0.1, 0.15) is 0 Å². The molecule has 0 bridgehead atoms. The number of hydrogen-bond donors (Lipinski definition) is 1. The summed E-state index contributed by atoms with van der Waals surface area (Å²) in [6.07, 6.45) is 0. The summed E-state index contributed by atoms with van der Waals surface area (Å²) in [6.45, 7) is 0. The van der Waals surface area contributed by atoms with Crippen LogP contribution in [0.1, 0.15) is 0 Å². The zero-order valence-corrected chi connectivity index (χ0v) is 8.96. The smallest absolute Gasteiger partial charge is 0.227 e. The molecule has 0 saturated carbocycles. The van der Waals surface area contributed by atoms with Crippen molar-refractivity contribution in [2.75, 3.05) is 5.75 Å². The summed E-state index contributed by atoms with van der Waals surface area (Å²) in [5, 5.41) is 2.40. The molecule has 1 amide bonds. The Labute approximate surface area is 92.5 Å². The molecule has 0 atom stereocenters. The summed E-state index contributed by atoms with van der Waals surface area (Å²) in [4.78, 5) is 11.7. The topological polar surface area (TPSA) is 43.1 Å². The minimum absolute atomic E-state index is 0.284. The first-order valence-corrected chi connectivity index (χ1v) is 5.64. The fraction of sp³-hybridized carbons (Fsp3) is 0.0833. The van der Waals surface area contributed by atoms with Crippen molar-refractivity contribution < 1.29 is 4.79 Å². The van der Waals surface area contributed by atoms with Crippen LogP contribution in [0.15, 0.2) is 47.4 Å². The minimum atomic E-state index is -0.284. The summed E-state index contributed by atoms with van der Waals surface area (Å²) in [5.74, 6) is 0.0476. The molecular formula is C12H11NOS. The van der Waals surface area contributed by atoms with Gasteiger partial charge in [0.05, 0.1) is 5.75 Å². The molecule has 0 fully saturated rings. The standard InChI is InChI=1S/C12H11NOS/c13-12(14)8-15-11-6-5-9-3-1-2-4-10(9)7-11/h1-7H,8H2,(H2,13,14). The lowest BCUT2D eigenvalue weighted by atomic mass is 10.1. The maximum absolute atomic E-state index is 10.6. The molecule has 2 nitrogen and oxygen atoms in total. The Bertz CT molecular complexity index is 496. The van der Waals surface area contributed by atoms with Crippen LogP contribution in [0.4, 0.5) is 0 Å². The third-order valence-electron chi connectivity index (χ3n) is 2.10. The lowest BCUT2D eigenvalue weighted by Gasteiger charge is -2.01. The first kappa shape index (κ1) is 10.1. The fourth-order valence-corrected chi connectivity index (χ4v) is 2.10. The normalized spacial score (nSPS) is 10.4. The van der Waals surface area contributed by atoms with Crippen LogP contribution in [0.2, 0.25) is 0 Å². The summed E-state index contributed by atoms with van der Waals surface area (Å²) < 4.78 is 0. The number of thioether (sulfide) groups is 1. The van der Waals surface area contributed by atoms with Crippen molar-refractivity contribution in [3.63, 3.8) is 0 Å². The second-order valence-electron chi connectivity index (χ2n) is 3.26. The van der Waals surface area contributed by atoms with Gasteiger partial charge in [-0.25, -0.2) is 0 Å². The van der Waals surface area contributed by atoms with Gasteiger partial charge >= 0.3 is 0 Å². The summed E-state index contributed by atoms with van der Waals surface area (Å²) in [5.41, 5.74) is 5.09. The van der Waals surface area contributed by atoms with Gasteiger partial charge < -0.3 is 5.73 Å². The first-order valence-electron chi connectivity index (χ1n) is 4.65. The fourth-order valence-electron chi connectivity index (χ4n) is 1.41. The largest absolute Gasteiger partial charge is 0.369 e. The second-order valence-corrected chi connectivity index (χ2v) is 4.31. The summed E-state index contributed by atoms with van der Waals surface area (Å²) >= 11 is 1.47. The van der Waals surface area contributed by atoms with Gasteiger partial charge in [0.15, 0.2) is 0 Å². The lowest BCUT2D eigenvalue weighted by Crippen LogP contribution is -2.12. The number of rotatable bonds is 3. The quantitative estimate of drug-likeness (QED) is 0.802. The average Bonchev–Trinajstić information content (AvgIpc) is 2.26. The molecule has 3 heteroatoms. The van der Waals surface area contributed by atoms with E-state index in [0.29, 0.717) is 5.75 Å². The van der Waals surface area contributed by atoms with E-state index in [0.717, 1.165) is 4.90 Å². The monoisotopic (exact) mass is 217 g/mol. The maximum atomic E-state index is 10.6. The number of amides is 1. The molecule has 0 heterocycles. The predicted octanol–water partition coefficient (Wildman–Crippen LogP) is 2.42. The highest BCUT2D eigenvalue weighted by atomic mass is 32.2. The lowest BCUT2D eigenvalue weighted by molar-refractivity contribution is -0.115. The van der Waals surface area contributed by atoms with E-state index >= 15 is 0 Å². The Morgan fingerprint density at radius 2 is 1.87 bits per heavy atom. The number of nitrogens with two attached hydrogens (primary N) is 1. The Morgan fingerprint density at radius 1 is 1.13 bits per heavy atom. The number of carbonyl (C=O) groups is 1. The van der Waals surface area contributed by atoms with Gasteiger partial charge in [-0.1, -0.05) is 30.3 Å². The molecule has 2 aromatic carbocycles. The SMILES string of the molecule is NC(=O)CSc1ccc2ccccc2c1. The third kappa shape index (κ3) is 2.50. The average molecular weight is 217 g/mol. The number of primary amides is 1. The molecule has 0 aliphatic carbocycles. The van der Waals surface area contributed by atoms with Crippen LogP contribution in [0.25, 0.3) is 10.8 Å². The van der Waals surface area contributed by atoms with E-state index in [9.17, 15) is 4.79 Å². The Balaban J connectivity index is 2.26. The van der Waals surface area contributed by atoms with Crippen LogP contribution in [0.3, 0.4) is 0 Å². The van der Waals surface area contributed by atoms with E-state index in [2.05, 4.69) is 24.3 Å². The van der Waals surface area contributed by atoms with Crippen molar-refractivity contribution >= 4 is 28.4 Å². The highest BCUT2D eigenvalue weighted by molar-refractivity contribution is 8.00. The van der Waals surface area contributed by atoms with Crippen molar-refractivity contribution in [1.82, 2.24) is 0 Å². The highest BCUT2D eigenvalue weighted by Gasteiger charge is 1.99. The van der Waals surface area contributed by atoms with Crippen LogP contribution in [0, 0.1) is 0 Å². The van der Waals surface area contributed by atoms with Crippen molar-refractivity contribution in [3.05, 3.63) is 42.5 Å². The predicted molar refractivity (Wildman–Crippen MR) is 63.9 cm³/mol. The van der Waals surface area contributed by atoms with Crippen LogP contribution in [0.5, 0.6) is 0 Å². The van der Waals surface area contributed by atoms with E-state index < -0.39 is 0 Å². The molecule has 2 rings (SSSR count). The van der Waals surface area contributed by atoms with Crippen LogP contribution in [-0.2, 0) is 4.79 Å². The van der Waals surface area contributed by atoms with Crippen LogP contribution < -0.4 is 5.73 Å². The van der Waals surface area contributed by atoms with Crippen LogP contribution in [-0.4, -0.2) is 11.7 Å². The van der Waals surface area contributed by atoms with Gasteiger partial charge in [0.2, 0.25) is 5.91 Å². The van der Waals surface area contributed by atoms with Crippen LogP contribution >= 0.6 is 11.8 Å². The molecule has 0 unspecified atom stereocenters. The van der Waals surface area contributed by atoms with E-state index in [4.69, 9.17) is 5.73 Å². The minimum Gasteiger partial charge on any atom is -0.369 e. The molecule has 2 aromatic rings. The summed E-state index contributed by atoms with van der Waals surface area (Å²) in [6, 6.07) is 14.3. The van der Waals surface area contributed by atoms with E-state index in [-0.39, 0.29) is 5.91 Å². The Hall–Kier alpha value is -1.48. The van der Waals surface area contributed by atoms with Gasteiger partial charge in [-0.05, 0) is 22.9 Å². The number of carbonyl (C=O) groups excluding carboxylic acids is 1. The Morgan fingerprint density at radius 3 is 2.60 bits per heavy atom. The molecule has 0 aliphatic rings. The van der Waals surface area contributed by atoms with Crippen molar-refractivity contribution in [2.24, 2.45) is 5.73 Å². The zero-order valence-electron chi connectivity index (χ0n) is 8.14. The summed E-state index contributed by atoms with van der Waals surface area (Å²) in [7, 11) is 0. The van der Waals surface area contributed by atoms with Crippen molar-refractivity contribution in [3.8, 4) is 0 Å². The van der Waals surface area contributed by atoms with Crippen molar-refractivity contribution in [2.45, 2.75) is 4.90 Å². The molecule has 76 valence electrons. The second kappa shape index (κ2) is 4.36. The number of hydrogen-bond acceptors (Lipinski definition) is 2. The maximum Gasteiger partial charge on any atom is 0.227 e. The van der Waals surface area contributed by atoms with Gasteiger partial charge in [-0.15, -0.1) is 11.8 Å². The number of benzene rings is 2. The van der Waals surface area contributed by atoms with E-state index in [1.807, 2.05) is 18.2 Å².